The zero-order chi connectivity index (χ0) is 16.2. The van der Waals surface area contributed by atoms with Gasteiger partial charge >= 0.3 is 0 Å². The van der Waals surface area contributed by atoms with Crippen molar-refractivity contribution in [3.05, 3.63) is 16.2 Å². The van der Waals surface area contributed by atoms with Crippen molar-refractivity contribution in [2.45, 2.75) is 6.54 Å². The van der Waals surface area contributed by atoms with Gasteiger partial charge in [-0.25, -0.2) is 4.98 Å². The summed E-state index contributed by atoms with van der Waals surface area (Å²) in [4.78, 5) is 14.6. The van der Waals surface area contributed by atoms with Crippen LogP contribution in [0, 0.1) is 0 Å². The highest BCUT2D eigenvalue weighted by atomic mass is 35.5. The minimum atomic E-state index is 0.302. The van der Waals surface area contributed by atoms with Gasteiger partial charge in [0.05, 0.1) is 30.0 Å². The second-order valence-electron chi connectivity index (χ2n) is 5.57. The van der Waals surface area contributed by atoms with E-state index in [4.69, 9.17) is 21.1 Å². The van der Waals surface area contributed by atoms with E-state index in [1.165, 1.54) is 4.88 Å². The van der Waals surface area contributed by atoms with E-state index in [1.807, 2.05) is 0 Å². The monoisotopic (exact) mass is 356 g/mol. The summed E-state index contributed by atoms with van der Waals surface area (Å²) in [6.07, 6.45) is 0. The number of nitrogens with zero attached hydrogens (tertiary/aromatic N) is 4. The molecule has 126 valence electrons. The fourth-order valence-corrected chi connectivity index (χ4v) is 3.96. The molecule has 23 heavy (non-hydrogen) atoms. The van der Waals surface area contributed by atoms with Crippen molar-refractivity contribution in [2.24, 2.45) is 0 Å². The van der Waals surface area contributed by atoms with E-state index in [0.29, 0.717) is 5.28 Å². The molecule has 0 aliphatic carbocycles. The summed E-state index contributed by atoms with van der Waals surface area (Å²) < 4.78 is 11.7. The standard InChI is InChI=1S/C15H21ClN4O2S/c1-19(3-6-21-2)10-11-9-12-13(23-11)14(18-15(16)17-12)20-4-7-22-8-5-20/h9H,3-8,10H2,1-2H3. The minimum Gasteiger partial charge on any atom is -0.383 e. The highest BCUT2D eigenvalue weighted by molar-refractivity contribution is 7.19. The Hall–Kier alpha value is -0.990. The van der Waals surface area contributed by atoms with E-state index >= 15 is 0 Å². The number of halogens is 1. The molecule has 0 spiro atoms. The number of methoxy groups -OCH3 is 1. The molecule has 0 saturated carbocycles. The summed E-state index contributed by atoms with van der Waals surface area (Å²) in [5, 5.41) is 0.302. The molecule has 0 radical (unpaired) electrons. The molecule has 1 aliphatic rings. The van der Waals surface area contributed by atoms with Gasteiger partial charge in [0.2, 0.25) is 5.28 Å². The van der Waals surface area contributed by atoms with Gasteiger partial charge in [-0.2, -0.15) is 4.98 Å². The van der Waals surface area contributed by atoms with Crippen LogP contribution in [0.15, 0.2) is 6.07 Å². The molecule has 0 bridgehead atoms. The topological polar surface area (TPSA) is 50.7 Å². The average molecular weight is 357 g/mol. The molecular formula is C15H21ClN4O2S. The summed E-state index contributed by atoms with van der Waals surface area (Å²) in [6, 6.07) is 2.11. The third-order valence-electron chi connectivity index (χ3n) is 3.79. The number of aromatic nitrogens is 2. The van der Waals surface area contributed by atoms with Crippen LogP contribution in [0.4, 0.5) is 5.82 Å². The highest BCUT2D eigenvalue weighted by Crippen LogP contribution is 2.33. The number of morpholine rings is 1. The first-order chi connectivity index (χ1) is 11.2. The molecule has 1 saturated heterocycles. The van der Waals surface area contributed by atoms with Crippen LogP contribution in [0.2, 0.25) is 5.28 Å². The molecule has 6 nitrogen and oxygen atoms in total. The highest BCUT2D eigenvalue weighted by Gasteiger charge is 2.19. The first-order valence-electron chi connectivity index (χ1n) is 7.63. The number of likely N-dealkylation sites (N-methyl/N-ethyl adjacent to an activating group) is 1. The summed E-state index contributed by atoms with van der Waals surface area (Å²) in [6.45, 7) is 5.61. The smallest absolute Gasteiger partial charge is 0.224 e. The van der Waals surface area contributed by atoms with Gasteiger partial charge < -0.3 is 14.4 Å². The Kier molecular flexibility index (Phi) is 5.66. The van der Waals surface area contributed by atoms with E-state index in [0.717, 1.165) is 62.0 Å². The molecular weight excluding hydrogens is 336 g/mol. The number of fused-ring (bicyclic) bond motifs is 1. The molecule has 0 unspecified atom stereocenters. The van der Waals surface area contributed by atoms with Crippen LogP contribution in [0.25, 0.3) is 10.2 Å². The van der Waals surface area contributed by atoms with Gasteiger partial charge in [0.15, 0.2) is 5.82 Å². The van der Waals surface area contributed by atoms with E-state index in [2.05, 4.69) is 32.9 Å². The van der Waals surface area contributed by atoms with Gasteiger partial charge in [-0.3, -0.25) is 4.90 Å². The maximum Gasteiger partial charge on any atom is 0.224 e. The molecule has 1 aliphatic heterocycles. The molecule has 0 N–H and O–H groups in total. The van der Waals surface area contributed by atoms with Crippen LogP contribution in [0.1, 0.15) is 4.88 Å². The van der Waals surface area contributed by atoms with Crippen molar-refractivity contribution in [3.63, 3.8) is 0 Å². The molecule has 0 amide bonds. The van der Waals surface area contributed by atoms with Crippen molar-refractivity contribution in [3.8, 4) is 0 Å². The predicted molar refractivity (Wildman–Crippen MR) is 93.7 cm³/mol. The van der Waals surface area contributed by atoms with Gasteiger partial charge in [-0.05, 0) is 24.7 Å². The van der Waals surface area contributed by atoms with E-state index in [-0.39, 0.29) is 0 Å². The average Bonchev–Trinajstić information content (AvgIpc) is 2.94. The zero-order valence-electron chi connectivity index (χ0n) is 13.4. The minimum absolute atomic E-state index is 0.302. The molecule has 2 aromatic heterocycles. The fraction of sp³-hybridized carbons (Fsp3) is 0.600. The Labute approximate surface area is 145 Å². The van der Waals surface area contributed by atoms with Crippen LogP contribution < -0.4 is 4.90 Å². The lowest BCUT2D eigenvalue weighted by atomic mass is 10.3. The number of hydrogen-bond acceptors (Lipinski definition) is 7. The van der Waals surface area contributed by atoms with Crippen LogP contribution in [-0.4, -0.2) is 68.5 Å². The van der Waals surface area contributed by atoms with E-state index < -0.39 is 0 Å². The van der Waals surface area contributed by atoms with Gasteiger partial charge in [-0.15, -0.1) is 11.3 Å². The van der Waals surface area contributed by atoms with Gasteiger partial charge in [0.1, 0.15) is 0 Å². The first kappa shape index (κ1) is 16.9. The first-order valence-corrected chi connectivity index (χ1v) is 8.83. The second kappa shape index (κ2) is 7.72. The Morgan fingerprint density at radius 3 is 2.91 bits per heavy atom. The van der Waals surface area contributed by atoms with Crippen LogP contribution >= 0.6 is 22.9 Å². The van der Waals surface area contributed by atoms with Crippen molar-refractivity contribution < 1.29 is 9.47 Å². The molecule has 0 atom stereocenters. The van der Waals surface area contributed by atoms with E-state index in [9.17, 15) is 0 Å². The summed E-state index contributed by atoms with van der Waals surface area (Å²) in [7, 11) is 3.81. The Morgan fingerprint density at radius 1 is 1.39 bits per heavy atom. The van der Waals surface area contributed by atoms with Crippen LogP contribution in [0.5, 0.6) is 0 Å². The Bertz CT molecular complexity index is 660. The lowest BCUT2D eigenvalue weighted by molar-refractivity contribution is 0.122. The number of hydrogen-bond donors (Lipinski definition) is 0. The van der Waals surface area contributed by atoms with Crippen molar-refractivity contribution in [1.29, 1.82) is 0 Å². The van der Waals surface area contributed by atoms with Crippen LogP contribution in [-0.2, 0) is 16.0 Å². The zero-order valence-corrected chi connectivity index (χ0v) is 15.0. The third kappa shape index (κ3) is 4.10. The predicted octanol–water partition coefficient (Wildman–Crippen LogP) is 2.26. The Morgan fingerprint density at radius 2 is 2.17 bits per heavy atom. The van der Waals surface area contributed by atoms with E-state index in [1.54, 1.807) is 18.4 Å². The maximum atomic E-state index is 6.12. The molecule has 1 fully saturated rings. The number of thiophene rings is 1. The molecule has 2 aromatic rings. The van der Waals surface area contributed by atoms with Gasteiger partial charge in [0.25, 0.3) is 0 Å². The number of ether oxygens (including phenoxy) is 2. The van der Waals surface area contributed by atoms with Crippen molar-refractivity contribution >= 4 is 39.0 Å². The summed E-state index contributed by atoms with van der Waals surface area (Å²) in [5.41, 5.74) is 0.923. The molecule has 8 heteroatoms. The SMILES string of the molecule is COCCN(C)Cc1cc2nc(Cl)nc(N3CCOCC3)c2s1. The van der Waals surface area contributed by atoms with Gasteiger partial charge in [0, 0.05) is 38.2 Å². The molecule has 0 aromatic carbocycles. The largest absolute Gasteiger partial charge is 0.383 e. The fourth-order valence-electron chi connectivity index (χ4n) is 2.60. The van der Waals surface area contributed by atoms with Crippen LogP contribution in [0.3, 0.4) is 0 Å². The summed E-state index contributed by atoms with van der Waals surface area (Å²) in [5.74, 6) is 0.930. The number of rotatable bonds is 6. The lowest BCUT2D eigenvalue weighted by Crippen LogP contribution is -2.36. The maximum absolute atomic E-state index is 6.12. The second-order valence-corrected chi connectivity index (χ2v) is 7.05. The third-order valence-corrected chi connectivity index (χ3v) is 5.06. The summed E-state index contributed by atoms with van der Waals surface area (Å²) >= 11 is 7.86. The molecule has 3 heterocycles. The van der Waals surface area contributed by atoms with Gasteiger partial charge in [-0.1, -0.05) is 0 Å². The lowest BCUT2D eigenvalue weighted by Gasteiger charge is -2.28. The quantitative estimate of drug-likeness (QED) is 0.740. The molecule has 3 rings (SSSR count). The normalized spacial score (nSPS) is 15.7. The van der Waals surface area contributed by atoms with Crippen molar-refractivity contribution in [1.82, 2.24) is 14.9 Å². The number of anilines is 1. The van der Waals surface area contributed by atoms with Crippen molar-refractivity contribution in [2.75, 3.05) is 58.5 Å². The Balaban J connectivity index is 1.86.